The van der Waals surface area contributed by atoms with Crippen LogP contribution in [0.15, 0.2) is 48.4 Å². The second-order valence-electron chi connectivity index (χ2n) is 6.12. The summed E-state index contributed by atoms with van der Waals surface area (Å²) in [6.07, 6.45) is 2.59. The van der Waals surface area contributed by atoms with Crippen LogP contribution in [-0.4, -0.2) is 43.7 Å². The molecule has 0 spiro atoms. The van der Waals surface area contributed by atoms with E-state index in [1.54, 1.807) is 11.3 Å². The number of benzene rings is 1. The Labute approximate surface area is 158 Å². The van der Waals surface area contributed by atoms with Crippen LogP contribution in [0, 0.1) is 0 Å². The van der Waals surface area contributed by atoms with Crippen molar-refractivity contribution in [1.82, 2.24) is 10.2 Å². The van der Waals surface area contributed by atoms with Gasteiger partial charge in [-0.05, 0) is 35.6 Å². The van der Waals surface area contributed by atoms with Crippen LogP contribution in [0.1, 0.15) is 10.4 Å². The van der Waals surface area contributed by atoms with Crippen LogP contribution in [-0.2, 0) is 17.8 Å². The number of fused-ring (bicyclic) bond motifs is 1. The number of carbonyl (C=O) groups is 1. The van der Waals surface area contributed by atoms with E-state index < -0.39 is 0 Å². The van der Waals surface area contributed by atoms with Crippen LogP contribution in [0.25, 0.3) is 0 Å². The fourth-order valence-electron chi connectivity index (χ4n) is 2.84. The molecule has 0 saturated heterocycles. The average Bonchev–Trinajstić information content (AvgIpc) is 3.15. The summed E-state index contributed by atoms with van der Waals surface area (Å²) in [5.74, 6) is 1.60. The first-order valence-electron chi connectivity index (χ1n) is 8.75. The molecule has 0 bridgehead atoms. The molecule has 0 radical (unpaired) electrons. The van der Waals surface area contributed by atoms with Gasteiger partial charge in [0.05, 0.1) is 6.54 Å². The van der Waals surface area contributed by atoms with Gasteiger partial charge in [-0.25, -0.2) is 0 Å². The van der Waals surface area contributed by atoms with Gasteiger partial charge >= 0.3 is 0 Å². The monoisotopic (exact) mass is 372 g/mol. The van der Waals surface area contributed by atoms with E-state index >= 15 is 0 Å². The Morgan fingerprint density at radius 1 is 1.27 bits per heavy atom. The third-order valence-electron chi connectivity index (χ3n) is 4.06. The molecule has 3 rings (SSSR count). The standard InChI is InChI=1S/C20H24N2O3S/c1-2-9-22(14-17-4-3-12-26-17)15-20(23)21-8-7-16-5-6-18-19(13-16)25-11-10-24-18/h2-6,12-13H,1,7-11,14-15H2,(H,21,23). The maximum Gasteiger partial charge on any atom is 0.234 e. The minimum atomic E-state index is 0.0287. The van der Waals surface area contributed by atoms with Crippen molar-refractivity contribution in [3.63, 3.8) is 0 Å². The molecule has 0 atom stereocenters. The molecule has 1 aromatic carbocycles. The molecule has 138 valence electrons. The number of nitrogens with zero attached hydrogens (tertiary/aromatic N) is 1. The molecular formula is C20H24N2O3S. The Kier molecular flexibility index (Phi) is 6.68. The summed E-state index contributed by atoms with van der Waals surface area (Å²) < 4.78 is 11.1. The first-order chi connectivity index (χ1) is 12.7. The molecule has 0 unspecified atom stereocenters. The topological polar surface area (TPSA) is 50.8 Å². The number of hydrogen-bond acceptors (Lipinski definition) is 5. The molecule has 2 heterocycles. The van der Waals surface area contributed by atoms with Crippen molar-refractivity contribution in [2.45, 2.75) is 13.0 Å². The summed E-state index contributed by atoms with van der Waals surface area (Å²) in [7, 11) is 0. The smallest absolute Gasteiger partial charge is 0.234 e. The Morgan fingerprint density at radius 3 is 2.88 bits per heavy atom. The third kappa shape index (κ3) is 5.34. The van der Waals surface area contributed by atoms with Crippen LogP contribution < -0.4 is 14.8 Å². The van der Waals surface area contributed by atoms with Crippen molar-refractivity contribution in [3.05, 3.63) is 58.8 Å². The van der Waals surface area contributed by atoms with Crippen molar-refractivity contribution < 1.29 is 14.3 Å². The van der Waals surface area contributed by atoms with Crippen LogP contribution >= 0.6 is 11.3 Å². The summed E-state index contributed by atoms with van der Waals surface area (Å²) in [5.41, 5.74) is 1.12. The molecular weight excluding hydrogens is 348 g/mol. The molecule has 0 saturated carbocycles. The molecule has 1 amide bonds. The van der Waals surface area contributed by atoms with E-state index in [2.05, 4.69) is 28.2 Å². The minimum absolute atomic E-state index is 0.0287. The summed E-state index contributed by atoms with van der Waals surface area (Å²) in [6, 6.07) is 10.0. The van der Waals surface area contributed by atoms with Crippen molar-refractivity contribution in [2.24, 2.45) is 0 Å². The lowest BCUT2D eigenvalue weighted by molar-refractivity contribution is -0.122. The van der Waals surface area contributed by atoms with E-state index in [0.29, 0.717) is 32.8 Å². The first-order valence-corrected chi connectivity index (χ1v) is 9.63. The van der Waals surface area contributed by atoms with Crippen molar-refractivity contribution in [3.8, 4) is 11.5 Å². The van der Waals surface area contributed by atoms with Crippen LogP contribution in [0.3, 0.4) is 0 Å². The van der Waals surface area contributed by atoms with E-state index in [4.69, 9.17) is 9.47 Å². The SMILES string of the molecule is C=CCN(CC(=O)NCCc1ccc2c(c1)OCCO2)Cc1cccs1. The molecule has 0 aliphatic carbocycles. The van der Waals surface area contributed by atoms with Gasteiger partial charge in [0.2, 0.25) is 5.91 Å². The lowest BCUT2D eigenvalue weighted by Gasteiger charge is -2.20. The fraction of sp³-hybridized carbons (Fsp3) is 0.350. The van der Waals surface area contributed by atoms with Crippen LogP contribution in [0.5, 0.6) is 11.5 Å². The van der Waals surface area contributed by atoms with Gasteiger partial charge in [-0.3, -0.25) is 9.69 Å². The average molecular weight is 372 g/mol. The third-order valence-corrected chi connectivity index (χ3v) is 4.92. The van der Waals surface area contributed by atoms with Gasteiger partial charge < -0.3 is 14.8 Å². The van der Waals surface area contributed by atoms with Crippen molar-refractivity contribution >= 4 is 17.2 Å². The highest BCUT2D eigenvalue weighted by atomic mass is 32.1. The van der Waals surface area contributed by atoms with Gasteiger partial charge in [-0.2, -0.15) is 0 Å². The van der Waals surface area contributed by atoms with Gasteiger partial charge in [0, 0.05) is 24.5 Å². The molecule has 1 aliphatic heterocycles. The molecule has 6 heteroatoms. The molecule has 5 nitrogen and oxygen atoms in total. The predicted molar refractivity (Wildman–Crippen MR) is 104 cm³/mol. The van der Waals surface area contributed by atoms with E-state index in [-0.39, 0.29) is 5.91 Å². The highest BCUT2D eigenvalue weighted by Gasteiger charge is 2.13. The molecule has 26 heavy (non-hydrogen) atoms. The molecule has 1 aromatic heterocycles. The zero-order valence-electron chi connectivity index (χ0n) is 14.8. The largest absolute Gasteiger partial charge is 0.486 e. The fourth-order valence-corrected chi connectivity index (χ4v) is 3.59. The quantitative estimate of drug-likeness (QED) is 0.688. The highest BCUT2D eigenvalue weighted by molar-refractivity contribution is 7.09. The number of thiophene rings is 1. The molecule has 2 aromatic rings. The van der Waals surface area contributed by atoms with Gasteiger partial charge in [0.25, 0.3) is 0 Å². The van der Waals surface area contributed by atoms with Gasteiger partial charge in [0.1, 0.15) is 13.2 Å². The summed E-state index contributed by atoms with van der Waals surface area (Å²) in [5, 5.41) is 5.05. The number of carbonyl (C=O) groups excluding carboxylic acids is 1. The predicted octanol–water partition coefficient (Wildman–Crippen LogP) is 2.87. The zero-order chi connectivity index (χ0) is 18.2. The second kappa shape index (κ2) is 9.40. The number of rotatable bonds is 9. The summed E-state index contributed by atoms with van der Waals surface area (Å²) >= 11 is 1.70. The van der Waals surface area contributed by atoms with Crippen LogP contribution in [0.4, 0.5) is 0 Å². The second-order valence-corrected chi connectivity index (χ2v) is 7.15. The summed E-state index contributed by atoms with van der Waals surface area (Å²) in [6.45, 7) is 7.37. The Balaban J connectivity index is 1.44. The number of amides is 1. The van der Waals surface area contributed by atoms with E-state index in [1.807, 2.05) is 30.3 Å². The number of nitrogens with one attached hydrogen (secondary N) is 1. The number of ether oxygens (including phenoxy) is 2. The Bertz CT molecular complexity index is 731. The maximum absolute atomic E-state index is 12.3. The minimum Gasteiger partial charge on any atom is -0.486 e. The van der Waals surface area contributed by atoms with Gasteiger partial charge in [-0.1, -0.05) is 18.2 Å². The van der Waals surface area contributed by atoms with Crippen molar-refractivity contribution in [1.29, 1.82) is 0 Å². The first kappa shape index (κ1) is 18.5. The maximum atomic E-state index is 12.3. The number of hydrogen-bond donors (Lipinski definition) is 1. The van der Waals surface area contributed by atoms with E-state index in [1.165, 1.54) is 4.88 Å². The molecule has 0 fully saturated rings. The molecule has 1 aliphatic rings. The zero-order valence-corrected chi connectivity index (χ0v) is 15.6. The lowest BCUT2D eigenvalue weighted by atomic mass is 10.1. The Morgan fingerprint density at radius 2 is 2.12 bits per heavy atom. The van der Waals surface area contributed by atoms with Gasteiger partial charge in [0.15, 0.2) is 11.5 Å². The van der Waals surface area contributed by atoms with E-state index in [9.17, 15) is 4.79 Å². The van der Waals surface area contributed by atoms with Crippen LogP contribution in [0.2, 0.25) is 0 Å². The van der Waals surface area contributed by atoms with E-state index in [0.717, 1.165) is 30.0 Å². The molecule has 1 N–H and O–H groups in total. The summed E-state index contributed by atoms with van der Waals surface area (Å²) in [4.78, 5) is 15.6. The normalized spacial score (nSPS) is 12.8. The van der Waals surface area contributed by atoms with Gasteiger partial charge in [-0.15, -0.1) is 17.9 Å². The van der Waals surface area contributed by atoms with Crippen molar-refractivity contribution in [2.75, 3.05) is 32.8 Å². The lowest BCUT2D eigenvalue weighted by Crippen LogP contribution is -2.37. The highest BCUT2D eigenvalue weighted by Crippen LogP contribution is 2.30. The Hall–Kier alpha value is -2.31.